The number of aromatic nitrogens is 1. The highest BCUT2D eigenvalue weighted by molar-refractivity contribution is 7.89. The normalized spacial score (nSPS) is 11.8. The summed E-state index contributed by atoms with van der Waals surface area (Å²) in [4.78, 5) is 4.17. The van der Waals surface area contributed by atoms with Gasteiger partial charge in [-0.1, -0.05) is 18.5 Å². The van der Waals surface area contributed by atoms with Crippen LogP contribution in [0.1, 0.15) is 12.5 Å². The van der Waals surface area contributed by atoms with Crippen molar-refractivity contribution in [2.75, 3.05) is 6.54 Å². The number of nitrogens with zero attached hydrogens (tertiary/aromatic N) is 2. The highest BCUT2D eigenvalue weighted by atomic mass is 35.5. The van der Waals surface area contributed by atoms with Gasteiger partial charge in [0.2, 0.25) is 10.0 Å². The highest BCUT2D eigenvalue weighted by Gasteiger charge is 2.22. The van der Waals surface area contributed by atoms with Gasteiger partial charge in [0.1, 0.15) is 0 Å². The topological polar surface area (TPSA) is 50.3 Å². The zero-order valence-corrected chi connectivity index (χ0v) is 12.6. The Hall–Kier alpha value is -1.43. The zero-order valence-electron chi connectivity index (χ0n) is 11.0. The molecule has 0 saturated carbocycles. The van der Waals surface area contributed by atoms with Gasteiger partial charge in [0.25, 0.3) is 0 Å². The predicted molar refractivity (Wildman–Crippen MR) is 79.0 cm³/mol. The Morgan fingerprint density at radius 1 is 1.10 bits per heavy atom. The van der Waals surface area contributed by atoms with Gasteiger partial charge in [0.15, 0.2) is 0 Å². The van der Waals surface area contributed by atoms with Crippen molar-refractivity contribution in [3.63, 3.8) is 0 Å². The van der Waals surface area contributed by atoms with E-state index in [9.17, 15) is 8.42 Å². The molecule has 2 rings (SSSR count). The van der Waals surface area contributed by atoms with Crippen molar-refractivity contribution < 1.29 is 8.42 Å². The van der Waals surface area contributed by atoms with E-state index in [2.05, 4.69) is 4.98 Å². The maximum Gasteiger partial charge on any atom is 0.243 e. The van der Waals surface area contributed by atoms with Crippen molar-refractivity contribution in [3.05, 3.63) is 59.4 Å². The van der Waals surface area contributed by atoms with Crippen LogP contribution in [-0.4, -0.2) is 24.3 Å². The van der Waals surface area contributed by atoms with E-state index >= 15 is 0 Å². The number of sulfonamides is 1. The molecular formula is C14H15ClN2O2S. The van der Waals surface area contributed by atoms with Crippen LogP contribution in [0.5, 0.6) is 0 Å². The van der Waals surface area contributed by atoms with Gasteiger partial charge < -0.3 is 0 Å². The Kier molecular flexibility index (Phi) is 4.75. The third-order valence-electron chi connectivity index (χ3n) is 2.91. The summed E-state index contributed by atoms with van der Waals surface area (Å²) in [5, 5.41) is 0.515. The Labute approximate surface area is 124 Å². The molecule has 1 heterocycles. The van der Waals surface area contributed by atoms with E-state index in [-0.39, 0.29) is 4.90 Å². The van der Waals surface area contributed by atoms with Crippen molar-refractivity contribution in [1.82, 2.24) is 9.29 Å². The van der Waals surface area contributed by atoms with E-state index in [1.807, 2.05) is 6.92 Å². The summed E-state index contributed by atoms with van der Waals surface area (Å²) in [7, 11) is -3.51. The maximum absolute atomic E-state index is 12.5. The minimum atomic E-state index is -3.51. The number of rotatable bonds is 5. The second-order valence-electron chi connectivity index (χ2n) is 4.24. The van der Waals surface area contributed by atoms with E-state index in [1.165, 1.54) is 16.4 Å². The van der Waals surface area contributed by atoms with Crippen LogP contribution in [0.4, 0.5) is 0 Å². The van der Waals surface area contributed by atoms with Gasteiger partial charge in [-0.25, -0.2) is 8.42 Å². The molecule has 1 aromatic heterocycles. The molecule has 0 aliphatic rings. The fourth-order valence-corrected chi connectivity index (χ4v) is 3.38. The van der Waals surface area contributed by atoms with Crippen LogP contribution >= 0.6 is 11.6 Å². The van der Waals surface area contributed by atoms with Crippen LogP contribution < -0.4 is 0 Å². The van der Waals surface area contributed by atoms with Crippen molar-refractivity contribution in [2.24, 2.45) is 0 Å². The summed E-state index contributed by atoms with van der Waals surface area (Å²) in [6.45, 7) is 2.53. The summed E-state index contributed by atoms with van der Waals surface area (Å²) in [5.74, 6) is 0. The second kappa shape index (κ2) is 6.35. The fraction of sp³-hybridized carbons (Fsp3) is 0.214. The number of hydrogen-bond acceptors (Lipinski definition) is 3. The molecule has 6 heteroatoms. The minimum Gasteiger partial charge on any atom is -0.265 e. The molecule has 2 aromatic rings. The predicted octanol–water partition coefficient (Wildman–Crippen LogP) is 2.95. The third kappa shape index (κ3) is 3.36. The second-order valence-corrected chi connectivity index (χ2v) is 6.61. The molecule has 0 saturated heterocycles. The molecule has 0 bridgehead atoms. The minimum absolute atomic E-state index is 0.248. The van der Waals surface area contributed by atoms with E-state index in [0.29, 0.717) is 18.1 Å². The molecule has 0 radical (unpaired) electrons. The van der Waals surface area contributed by atoms with Crippen molar-refractivity contribution in [2.45, 2.75) is 18.4 Å². The summed E-state index contributed by atoms with van der Waals surface area (Å²) >= 11 is 5.79. The summed E-state index contributed by atoms with van der Waals surface area (Å²) in [6.07, 6.45) is 3.30. The van der Waals surface area contributed by atoms with E-state index in [1.54, 1.807) is 36.7 Å². The van der Waals surface area contributed by atoms with Crippen molar-refractivity contribution >= 4 is 21.6 Å². The van der Waals surface area contributed by atoms with Gasteiger partial charge >= 0.3 is 0 Å². The number of pyridine rings is 1. The molecule has 0 fully saturated rings. The standard InChI is InChI=1S/C14H15ClN2O2S/c1-2-17(11-12-7-9-16-10-8-12)20(18,19)14-5-3-13(15)4-6-14/h3-10H,2,11H2,1H3. The Morgan fingerprint density at radius 3 is 2.25 bits per heavy atom. The largest absolute Gasteiger partial charge is 0.265 e. The molecule has 0 unspecified atom stereocenters. The average Bonchev–Trinajstić information content (AvgIpc) is 2.46. The van der Waals surface area contributed by atoms with Gasteiger partial charge in [-0.15, -0.1) is 0 Å². The van der Waals surface area contributed by atoms with E-state index in [4.69, 9.17) is 11.6 Å². The van der Waals surface area contributed by atoms with Gasteiger partial charge in [0.05, 0.1) is 4.90 Å². The SMILES string of the molecule is CCN(Cc1ccncc1)S(=O)(=O)c1ccc(Cl)cc1. The van der Waals surface area contributed by atoms with Crippen LogP contribution in [0.3, 0.4) is 0 Å². The number of halogens is 1. The summed E-state index contributed by atoms with van der Waals surface area (Å²) < 4.78 is 26.5. The number of hydrogen-bond donors (Lipinski definition) is 0. The van der Waals surface area contributed by atoms with Gasteiger partial charge in [-0.3, -0.25) is 4.98 Å². The smallest absolute Gasteiger partial charge is 0.243 e. The zero-order chi connectivity index (χ0) is 14.6. The van der Waals surface area contributed by atoms with E-state index < -0.39 is 10.0 Å². The lowest BCUT2D eigenvalue weighted by atomic mass is 10.3. The Balaban J connectivity index is 2.28. The lowest BCUT2D eigenvalue weighted by Crippen LogP contribution is -2.30. The van der Waals surface area contributed by atoms with Crippen LogP contribution in [-0.2, 0) is 16.6 Å². The molecule has 4 nitrogen and oxygen atoms in total. The molecule has 0 N–H and O–H groups in total. The first-order valence-corrected chi connectivity index (χ1v) is 8.00. The molecule has 0 amide bonds. The number of benzene rings is 1. The van der Waals surface area contributed by atoms with Crippen LogP contribution in [0.15, 0.2) is 53.7 Å². The van der Waals surface area contributed by atoms with Crippen molar-refractivity contribution in [1.29, 1.82) is 0 Å². The molecule has 0 atom stereocenters. The van der Waals surface area contributed by atoms with E-state index in [0.717, 1.165) is 5.56 Å². The molecule has 20 heavy (non-hydrogen) atoms. The lowest BCUT2D eigenvalue weighted by molar-refractivity contribution is 0.423. The first-order valence-electron chi connectivity index (χ1n) is 6.18. The summed E-state index contributed by atoms with van der Waals surface area (Å²) in [6, 6.07) is 9.81. The average molecular weight is 311 g/mol. The molecule has 0 aliphatic heterocycles. The summed E-state index contributed by atoms with van der Waals surface area (Å²) in [5.41, 5.74) is 0.902. The van der Waals surface area contributed by atoms with Gasteiger partial charge in [-0.05, 0) is 42.0 Å². The van der Waals surface area contributed by atoms with Crippen LogP contribution in [0.25, 0.3) is 0 Å². The quantitative estimate of drug-likeness (QED) is 0.853. The molecule has 0 aliphatic carbocycles. The maximum atomic E-state index is 12.5. The molecular weight excluding hydrogens is 296 g/mol. The molecule has 0 spiro atoms. The van der Waals surface area contributed by atoms with Crippen molar-refractivity contribution in [3.8, 4) is 0 Å². The lowest BCUT2D eigenvalue weighted by Gasteiger charge is -2.20. The molecule has 106 valence electrons. The van der Waals surface area contributed by atoms with Crippen LogP contribution in [0.2, 0.25) is 5.02 Å². The van der Waals surface area contributed by atoms with Gasteiger partial charge in [-0.2, -0.15) is 4.31 Å². The molecule has 1 aromatic carbocycles. The fourth-order valence-electron chi connectivity index (χ4n) is 1.81. The van der Waals surface area contributed by atoms with Crippen LogP contribution in [0, 0.1) is 0 Å². The van der Waals surface area contributed by atoms with Gasteiger partial charge in [0, 0.05) is 30.5 Å². The first-order chi connectivity index (χ1) is 9.54. The Bertz CT molecular complexity index is 657. The first kappa shape index (κ1) is 15.0. The monoisotopic (exact) mass is 310 g/mol. The highest BCUT2D eigenvalue weighted by Crippen LogP contribution is 2.20. The third-order valence-corrected chi connectivity index (χ3v) is 5.10. The Morgan fingerprint density at radius 2 is 1.70 bits per heavy atom.